The third kappa shape index (κ3) is 5.11. The first-order chi connectivity index (χ1) is 7.70. The van der Waals surface area contributed by atoms with Crippen LogP contribution in [0, 0.1) is 5.92 Å². The van der Waals surface area contributed by atoms with Crippen LogP contribution in [0.2, 0.25) is 0 Å². The fourth-order valence-corrected chi connectivity index (χ4v) is 1.83. The molecule has 0 radical (unpaired) electrons. The number of hydrogen-bond donors (Lipinski definition) is 3. The van der Waals surface area contributed by atoms with Crippen molar-refractivity contribution in [3.05, 3.63) is 0 Å². The molecule has 0 aliphatic carbocycles. The molecule has 0 saturated carbocycles. The first-order valence-electron chi connectivity index (χ1n) is 5.90. The lowest BCUT2D eigenvalue weighted by atomic mass is 9.99. The second-order valence-corrected chi connectivity index (χ2v) is 4.19. The van der Waals surface area contributed by atoms with Crippen LogP contribution in [0.25, 0.3) is 0 Å². The maximum atomic E-state index is 11.6. The van der Waals surface area contributed by atoms with Gasteiger partial charge in [0.05, 0.1) is 5.92 Å². The number of rotatable bonds is 6. The summed E-state index contributed by atoms with van der Waals surface area (Å²) < 4.78 is 0. The first-order valence-corrected chi connectivity index (χ1v) is 5.90. The average molecular weight is 228 g/mol. The van der Waals surface area contributed by atoms with Crippen LogP contribution in [0.15, 0.2) is 0 Å². The lowest BCUT2D eigenvalue weighted by molar-refractivity contribution is -0.137. The Balaban J connectivity index is 2.03. The number of piperidine rings is 1. The number of carbonyl (C=O) groups excluding carboxylic acids is 1. The summed E-state index contributed by atoms with van der Waals surface area (Å²) in [5.74, 6) is -0.585. The van der Waals surface area contributed by atoms with Crippen molar-refractivity contribution < 1.29 is 14.7 Å². The molecule has 0 aromatic rings. The highest BCUT2D eigenvalue weighted by molar-refractivity contribution is 5.78. The minimum atomic E-state index is -0.775. The molecule has 1 heterocycles. The fraction of sp³-hybridized carbons (Fsp3) is 0.818. The van der Waals surface area contributed by atoms with Crippen molar-refractivity contribution in [2.45, 2.75) is 32.1 Å². The minimum absolute atomic E-state index is 0.0909. The van der Waals surface area contributed by atoms with Gasteiger partial charge in [-0.1, -0.05) is 0 Å². The molecule has 0 aromatic carbocycles. The molecule has 5 nitrogen and oxygen atoms in total. The van der Waals surface area contributed by atoms with Gasteiger partial charge in [0, 0.05) is 19.5 Å². The standard InChI is InChI=1S/C11H20N2O3/c14-10(15)5-1-2-7-13-11(16)9-4-3-6-12-8-9/h9,12H,1-8H2,(H,13,16)(H,14,15)/t9-/m0/s1. The molecule has 1 saturated heterocycles. The Bertz CT molecular complexity index is 237. The van der Waals surface area contributed by atoms with Gasteiger partial charge >= 0.3 is 5.97 Å². The minimum Gasteiger partial charge on any atom is -0.481 e. The summed E-state index contributed by atoms with van der Waals surface area (Å²) in [5, 5.41) is 14.5. The Kier molecular flexibility index (Phi) is 5.85. The van der Waals surface area contributed by atoms with E-state index < -0.39 is 5.97 Å². The number of nitrogens with one attached hydrogen (secondary N) is 2. The van der Waals surface area contributed by atoms with Crippen LogP contribution in [0.5, 0.6) is 0 Å². The predicted octanol–water partition coefficient (Wildman–Crippen LogP) is 0.357. The molecule has 5 heteroatoms. The molecule has 1 fully saturated rings. The quantitative estimate of drug-likeness (QED) is 0.573. The summed E-state index contributed by atoms with van der Waals surface area (Å²) in [6.07, 6.45) is 3.54. The molecular weight excluding hydrogens is 208 g/mol. The number of aliphatic carboxylic acids is 1. The lowest BCUT2D eigenvalue weighted by Gasteiger charge is -2.21. The van der Waals surface area contributed by atoms with Crippen LogP contribution in [0.4, 0.5) is 0 Å². The highest BCUT2D eigenvalue weighted by Gasteiger charge is 2.19. The van der Waals surface area contributed by atoms with Crippen molar-refractivity contribution in [2.24, 2.45) is 5.92 Å². The largest absolute Gasteiger partial charge is 0.481 e. The molecule has 1 atom stereocenters. The van der Waals surface area contributed by atoms with E-state index in [4.69, 9.17) is 5.11 Å². The summed E-state index contributed by atoms with van der Waals surface area (Å²) in [5.41, 5.74) is 0. The monoisotopic (exact) mass is 228 g/mol. The number of unbranched alkanes of at least 4 members (excludes halogenated alkanes) is 1. The zero-order chi connectivity index (χ0) is 11.8. The Labute approximate surface area is 95.6 Å². The molecule has 1 aliphatic rings. The fourth-order valence-electron chi connectivity index (χ4n) is 1.83. The maximum absolute atomic E-state index is 11.6. The van der Waals surface area contributed by atoms with Crippen LogP contribution in [-0.4, -0.2) is 36.6 Å². The number of carboxylic acid groups (broad SMARTS) is 1. The van der Waals surface area contributed by atoms with E-state index in [1.54, 1.807) is 0 Å². The topological polar surface area (TPSA) is 78.4 Å². The van der Waals surface area contributed by atoms with Crippen molar-refractivity contribution in [1.82, 2.24) is 10.6 Å². The Morgan fingerprint density at radius 2 is 2.19 bits per heavy atom. The molecule has 3 N–H and O–H groups in total. The van der Waals surface area contributed by atoms with E-state index in [9.17, 15) is 9.59 Å². The van der Waals surface area contributed by atoms with E-state index in [1.165, 1.54) is 0 Å². The summed E-state index contributed by atoms with van der Waals surface area (Å²) >= 11 is 0. The number of carbonyl (C=O) groups is 2. The van der Waals surface area contributed by atoms with Gasteiger partial charge in [0.1, 0.15) is 0 Å². The summed E-state index contributed by atoms with van der Waals surface area (Å²) in [6, 6.07) is 0. The zero-order valence-electron chi connectivity index (χ0n) is 9.50. The first kappa shape index (κ1) is 13.0. The second-order valence-electron chi connectivity index (χ2n) is 4.19. The Morgan fingerprint density at radius 3 is 2.81 bits per heavy atom. The van der Waals surface area contributed by atoms with E-state index in [0.29, 0.717) is 13.0 Å². The van der Waals surface area contributed by atoms with Gasteiger partial charge in [0.15, 0.2) is 0 Å². The van der Waals surface area contributed by atoms with E-state index in [2.05, 4.69) is 10.6 Å². The van der Waals surface area contributed by atoms with Gasteiger partial charge in [0.2, 0.25) is 5.91 Å². The van der Waals surface area contributed by atoms with Gasteiger partial charge in [-0.25, -0.2) is 0 Å². The second kappa shape index (κ2) is 7.22. The molecule has 92 valence electrons. The van der Waals surface area contributed by atoms with E-state index in [0.717, 1.165) is 32.4 Å². The average Bonchev–Trinajstić information content (AvgIpc) is 2.29. The lowest BCUT2D eigenvalue weighted by Crippen LogP contribution is -2.40. The Morgan fingerprint density at radius 1 is 1.38 bits per heavy atom. The van der Waals surface area contributed by atoms with E-state index >= 15 is 0 Å². The van der Waals surface area contributed by atoms with Crippen molar-refractivity contribution in [2.75, 3.05) is 19.6 Å². The molecule has 1 amide bonds. The summed E-state index contributed by atoms with van der Waals surface area (Å²) in [6.45, 7) is 2.35. The number of amides is 1. The Hall–Kier alpha value is -1.10. The van der Waals surface area contributed by atoms with Gasteiger partial charge in [0.25, 0.3) is 0 Å². The molecule has 0 aromatic heterocycles. The zero-order valence-corrected chi connectivity index (χ0v) is 9.50. The van der Waals surface area contributed by atoms with Gasteiger partial charge in [-0.15, -0.1) is 0 Å². The van der Waals surface area contributed by atoms with Gasteiger partial charge < -0.3 is 15.7 Å². The van der Waals surface area contributed by atoms with E-state index in [-0.39, 0.29) is 18.2 Å². The van der Waals surface area contributed by atoms with Crippen LogP contribution >= 0.6 is 0 Å². The van der Waals surface area contributed by atoms with Gasteiger partial charge in [-0.2, -0.15) is 0 Å². The maximum Gasteiger partial charge on any atom is 0.303 e. The van der Waals surface area contributed by atoms with Crippen molar-refractivity contribution in [3.8, 4) is 0 Å². The van der Waals surface area contributed by atoms with Crippen LogP contribution in [0.3, 0.4) is 0 Å². The molecule has 0 unspecified atom stereocenters. The van der Waals surface area contributed by atoms with Gasteiger partial charge in [-0.3, -0.25) is 9.59 Å². The highest BCUT2D eigenvalue weighted by Crippen LogP contribution is 2.09. The highest BCUT2D eigenvalue weighted by atomic mass is 16.4. The van der Waals surface area contributed by atoms with Crippen molar-refractivity contribution in [1.29, 1.82) is 0 Å². The van der Waals surface area contributed by atoms with Crippen LogP contribution < -0.4 is 10.6 Å². The third-order valence-electron chi connectivity index (χ3n) is 2.78. The molecule has 1 aliphatic heterocycles. The predicted molar refractivity (Wildman–Crippen MR) is 60.1 cm³/mol. The normalized spacial score (nSPS) is 20.4. The molecule has 0 bridgehead atoms. The third-order valence-corrected chi connectivity index (χ3v) is 2.78. The molecule has 0 spiro atoms. The van der Waals surface area contributed by atoms with Crippen molar-refractivity contribution >= 4 is 11.9 Å². The summed E-state index contributed by atoms with van der Waals surface area (Å²) in [4.78, 5) is 21.9. The molecule has 16 heavy (non-hydrogen) atoms. The SMILES string of the molecule is O=C(O)CCCCNC(=O)[C@H]1CCCNC1. The number of carboxylic acids is 1. The van der Waals surface area contributed by atoms with Gasteiger partial charge in [-0.05, 0) is 32.2 Å². The molecule has 1 rings (SSSR count). The summed E-state index contributed by atoms with van der Waals surface area (Å²) in [7, 11) is 0. The van der Waals surface area contributed by atoms with Crippen LogP contribution in [0.1, 0.15) is 32.1 Å². The van der Waals surface area contributed by atoms with Crippen LogP contribution in [-0.2, 0) is 9.59 Å². The smallest absolute Gasteiger partial charge is 0.303 e. The van der Waals surface area contributed by atoms with Crippen molar-refractivity contribution in [3.63, 3.8) is 0 Å². The van der Waals surface area contributed by atoms with E-state index in [1.807, 2.05) is 0 Å². The molecular formula is C11H20N2O3. The number of hydrogen-bond acceptors (Lipinski definition) is 3.